The summed E-state index contributed by atoms with van der Waals surface area (Å²) in [6.45, 7) is 2.27. The van der Waals surface area contributed by atoms with Gasteiger partial charge in [0, 0.05) is 12.2 Å². The number of nitrogens with one attached hydrogen (secondary N) is 2. The minimum Gasteiger partial charge on any atom is -0.494 e. The highest BCUT2D eigenvalue weighted by Crippen LogP contribution is 2.23. The minimum absolute atomic E-state index is 0.296. The molecule has 0 saturated heterocycles. The van der Waals surface area contributed by atoms with Crippen molar-refractivity contribution in [1.82, 2.24) is 5.32 Å². The van der Waals surface area contributed by atoms with Crippen LogP contribution in [0, 0.1) is 0 Å². The smallest absolute Gasteiger partial charge is 0.261 e. The van der Waals surface area contributed by atoms with Gasteiger partial charge in [0.1, 0.15) is 5.75 Å². The van der Waals surface area contributed by atoms with Crippen molar-refractivity contribution in [3.63, 3.8) is 0 Å². The highest BCUT2D eigenvalue weighted by atomic mass is 32.2. The number of sulfonamides is 1. The van der Waals surface area contributed by atoms with Crippen LogP contribution in [0.2, 0.25) is 0 Å². The van der Waals surface area contributed by atoms with Gasteiger partial charge in [-0.25, -0.2) is 8.42 Å². The monoisotopic (exact) mass is 422 g/mol. The molecule has 3 aromatic carbocycles. The number of anilines is 1. The van der Waals surface area contributed by atoms with Crippen LogP contribution in [0.3, 0.4) is 0 Å². The third-order valence-electron chi connectivity index (χ3n) is 5.20. The van der Waals surface area contributed by atoms with Crippen LogP contribution in [0.1, 0.15) is 23.1 Å². The molecule has 0 spiro atoms. The van der Waals surface area contributed by atoms with Crippen molar-refractivity contribution in [3.8, 4) is 5.75 Å². The fraction of sp³-hybridized carbons (Fsp3) is 0.250. The van der Waals surface area contributed by atoms with Gasteiger partial charge in [0.2, 0.25) is 0 Å². The lowest BCUT2D eigenvalue weighted by Crippen LogP contribution is -2.24. The number of aryl methyl sites for hydroxylation is 1. The summed E-state index contributed by atoms with van der Waals surface area (Å²) in [5, 5.41) is 3.29. The predicted octanol–water partition coefficient (Wildman–Crippen LogP) is 4.14. The third-order valence-corrected chi connectivity index (χ3v) is 6.58. The molecule has 4 rings (SSSR count). The van der Waals surface area contributed by atoms with E-state index in [0.717, 1.165) is 49.2 Å². The Labute approximate surface area is 178 Å². The molecule has 0 unspecified atom stereocenters. The highest BCUT2D eigenvalue weighted by Gasteiger charge is 2.17. The molecule has 5 nitrogen and oxygen atoms in total. The molecule has 6 heteroatoms. The Balaban J connectivity index is 1.32. The van der Waals surface area contributed by atoms with Crippen molar-refractivity contribution in [2.75, 3.05) is 17.9 Å². The van der Waals surface area contributed by atoms with Gasteiger partial charge in [-0.15, -0.1) is 0 Å². The van der Waals surface area contributed by atoms with Crippen LogP contribution < -0.4 is 14.8 Å². The Morgan fingerprint density at radius 2 is 1.73 bits per heavy atom. The number of hydrogen-bond donors (Lipinski definition) is 2. The van der Waals surface area contributed by atoms with Gasteiger partial charge in [0.15, 0.2) is 0 Å². The lowest BCUT2D eigenvalue weighted by atomic mass is 10.0. The number of hydrogen-bond acceptors (Lipinski definition) is 4. The molecule has 0 aliphatic carbocycles. The molecule has 1 aliphatic rings. The number of benzene rings is 3. The fourth-order valence-corrected chi connectivity index (χ4v) is 4.67. The lowest BCUT2D eigenvalue weighted by molar-refractivity contribution is 0.311. The summed E-state index contributed by atoms with van der Waals surface area (Å²) in [4.78, 5) is 0.296. The van der Waals surface area contributed by atoms with Crippen LogP contribution in [0.25, 0.3) is 0 Å². The molecule has 2 N–H and O–H groups in total. The van der Waals surface area contributed by atoms with Gasteiger partial charge >= 0.3 is 0 Å². The average Bonchev–Trinajstić information content (AvgIpc) is 2.78. The van der Waals surface area contributed by atoms with Crippen LogP contribution in [0.4, 0.5) is 5.69 Å². The maximum absolute atomic E-state index is 12.8. The van der Waals surface area contributed by atoms with Gasteiger partial charge in [-0.1, -0.05) is 36.4 Å². The van der Waals surface area contributed by atoms with Crippen LogP contribution in [-0.4, -0.2) is 21.6 Å². The van der Waals surface area contributed by atoms with E-state index in [1.165, 1.54) is 5.56 Å². The maximum Gasteiger partial charge on any atom is 0.261 e. The number of rotatable bonds is 8. The van der Waals surface area contributed by atoms with Crippen LogP contribution in [-0.2, 0) is 29.4 Å². The molecule has 1 aliphatic heterocycles. The van der Waals surface area contributed by atoms with E-state index >= 15 is 0 Å². The average molecular weight is 423 g/mol. The molecule has 3 aromatic rings. The summed E-state index contributed by atoms with van der Waals surface area (Å²) in [7, 11) is -3.62. The first-order valence-electron chi connectivity index (χ1n) is 10.2. The molecular formula is C24H26N2O3S. The Morgan fingerprint density at radius 1 is 0.933 bits per heavy atom. The number of fused-ring (bicyclic) bond motifs is 1. The summed E-state index contributed by atoms with van der Waals surface area (Å²) >= 11 is 0. The third kappa shape index (κ3) is 5.20. The highest BCUT2D eigenvalue weighted by molar-refractivity contribution is 7.92. The molecular weight excluding hydrogens is 396 g/mol. The minimum atomic E-state index is -3.62. The van der Waals surface area contributed by atoms with Gasteiger partial charge in [-0.2, -0.15) is 0 Å². The molecule has 0 saturated carbocycles. The van der Waals surface area contributed by atoms with Crippen LogP contribution >= 0.6 is 0 Å². The van der Waals surface area contributed by atoms with Crippen molar-refractivity contribution >= 4 is 15.7 Å². The second-order valence-electron chi connectivity index (χ2n) is 7.42. The van der Waals surface area contributed by atoms with E-state index in [0.29, 0.717) is 17.2 Å². The molecule has 0 atom stereocenters. The SMILES string of the molecule is O=S(=O)(Nc1ccc(OCCCc2ccccc2)cc1)c1ccc2c(c1)CCNC2. The van der Waals surface area contributed by atoms with Crippen molar-refractivity contribution in [2.45, 2.75) is 30.7 Å². The summed E-state index contributed by atoms with van der Waals surface area (Å²) < 4.78 is 34.0. The first kappa shape index (κ1) is 20.4. The molecule has 30 heavy (non-hydrogen) atoms. The van der Waals surface area contributed by atoms with Crippen molar-refractivity contribution in [1.29, 1.82) is 0 Å². The lowest BCUT2D eigenvalue weighted by Gasteiger charge is -2.18. The topological polar surface area (TPSA) is 67.4 Å². The summed E-state index contributed by atoms with van der Waals surface area (Å²) in [5.74, 6) is 0.729. The zero-order valence-electron chi connectivity index (χ0n) is 16.8. The Morgan fingerprint density at radius 3 is 2.53 bits per heavy atom. The molecule has 1 heterocycles. The van der Waals surface area contributed by atoms with E-state index < -0.39 is 10.0 Å². The van der Waals surface area contributed by atoms with Crippen molar-refractivity contribution in [3.05, 3.63) is 89.5 Å². The first-order valence-corrected chi connectivity index (χ1v) is 11.7. The summed E-state index contributed by atoms with van der Waals surface area (Å²) in [6.07, 6.45) is 2.73. The maximum atomic E-state index is 12.8. The molecule has 0 amide bonds. The fourth-order valence-electron chi connectivity index (χ4n) is 3.57. The largest absolute Gasteiger partial charge is 0.494 e. The normalized spacial score (nSPS) is 13.5. The van der Waals surface area contributed by atoms with Crippen LogP contribution in [0.5, 0.6) is 5.75 Å². The van der Waals surface area contributed by atoms with E-state index in [1.807, 2.05) is 24.3 Å². The van der Waals surface area contributed by atoms with Gasteiger partial charge in [0.05, 0.1) is 11.5 Å². The standard InChI is InChI=1S/C24H26N2O3S/c27-30(28,24-13-8-21-18-25-15-14-20(21)17-24)26-22-9-11-23(12-10-22)29-16-4-7-19-5-2-1-3-6-19/h1-3,5-6,8-13,17,25-26H,4,7,14-16,18H2. The van der Waals surface area contributed by atoms with Gasteiger partial charge in [-0.3, -0.25) is 4.72 Å². The molecule has 0 bridgehead atoms. The zero-order chi connectivity index (χ0) is 20.8. The quantitative estimate of drug-likeness (QED) is 0.535. The molecule has 156 valence electrons. The van der Waals surface area contributed by atoms with Gasteiger partial charge in [-0.05, 0) is 78.9 Å². The second-order valence-corrected chi connectivity index (χ2v) is 9.11. The van der Waals surface area contributed by atoms with E-state index in [2.05, 4.69) is 22.2 Å². The molecule has 0 aromatic heterocycles. The molecule has 0 fully saturated rings. The first-order chi connectivity index (χ1) is 14.6. The Hall–Kier alpha value is -2.83. The van der Waals surface area contributed by atoms with E-state index in [9.17, 15) is 8.42 Å². The number of ether oxygens (including phenoxy) is 1. The Kier molecular flexibility index (Phi) is 6.35. The van der Waals surface area contributed by atoms with Crippen LogP contribution in [0.15, 0.2) is 77.7 Å². The Bertz CT molecular complexity index is 1080. The summed E-state index contributed by atoms with van der Waals surface area (Å²) in [6, 6.07) is 22.7. The van der Waals surface area contributed by atoms with Crippen molar-refractivity contribution in [2.24, 2.45) is 0 Å². The van der Waals surface area contributed by atoms with E-state index in [-0.39, 0.29) is 0 Å². The van der Waals surface area contributed by atoms with E-state index in [4.69, 9.17) is 4.74 Å². The zero-order valence-corrected chi connectivity index (χ0v) is 17.6. The second kappa shape index (κ2) is 9.32. The molecule has 0 radical (unpaired) electrons. The summed E-state index contributed by atoms with van der Waals surface area (Å²) in [5.41, 5.74) is 4.07. The van der Waals surface area contributed by atoms with Gasteiger partial charge < -0.3 is 10.1 Å². The van der Waals surface area contributed by atoms with Crippen molar-refractivity contribution < 1.29 is 13.2 Å². The predicted molar refractivity (Wildman–Crippen MR) is 119 cm³/mol. The van der Waals surface area contributed by atoms with Gasteiger partial charge in [0.25, 0.3) is 10.0 Å². The van der Waals surface area contributed by atoms with E-state index in [1.54, 1.807) is 36.4 Å².